The van der Waals surface area contributed by atoms with E-state index in [4.69, 9.17) is 0 Å². The van der Waals surface area contributed by atoms with Crippen molar-refractivity contribution in [2.45, 2.75) is 38.3 Å². The predicted molar refractivity (Wildman–Crippen MR) is 96.4 cm³/mol. The Labute approximate surface area is 148 Å². The quantitative estimate of drug-likeness (QED) is 0.877. The van der Waals surface area contributed by atoms with Gasteiger partial charge >= 0.3 is 6.03 Å². The number of hydrogen-bond donors (Lipinski definition) is 2. The van der Waals surface area contributed by atoms with E-state index in [-0.39, 0.29) is 18.7 Å². The van der Waals surface area contributed by atoms with Gasteiger partial charge in [0.25, 0.3) is 0 Å². The van der Waals surface area contributed by atoms with Crippen LogP contribution in [0.3, 0.4) is 0 Å². The van der Waals surface area contributed by atoms with E-state index < -0.39 is 0 Å². The first-order valence-electron chi connectivity index (χ1n) is 8.88. The van der Waals surface area contributed by atoms with E-state index in [2.05, 4.69) is 10.4 Å². The SMILES string of the molecule is CN(C(=O)NCc1cnn(-c2ccccc2)c1)C1CCC(CO)CC1. The zero-order valence-corrected chi connectivity index (χ0v) is 14.6. The summed E-state index contributed by atoms with van der Waals surface area (Å²) < 4.78 is 1.81. The lowest BCUT2D eigenvalue weighted by atomic mass is 9.86. The molecule has 2 amide bonds. The number of carbonyl (C=O) groups excluding carboxylic acids is 1. The lowest BCUT2D eigenvalue weighted by Gasteiger charge is -2.34. The molecule has 2 aromatic rings. The normalized spacial score (nSPS) is 20.2. The van der Waals surface area contributed by atoms with Crippen molar-refractivity contribution >= 4 is 6.03 Å². The van der Waals surface area contributed by atoms with Crippen LogP contribution in [0.1, 0.15) is 31.2 Å². The van der Waals surface area contributed by atoms with Crippen molar-refractivity contribution in [2.24, 2.45) is 5.92 Å². The summed E-state index contributed by atoms with van der Waals surface area (Å²) in [4.78, 5) is 14.2. The van der Waals surface area contributed by atoms with Crippen LogP contribution in [-0.4, -0.2) is 45.5 Å². The maximum Gasteiger partial charge on any atom is 0.317 e. The predicted octanol–water partition coefficient (Wildman–Crippen LogP) is 2.56. The van der Waals surface area contributed by atoms with Gasteiger partial charge in [-0.15, -0.1) is 0 Å². The van der Waals surface area contributed by atoms with Gasteiger partial charge in [-0.05, 0) is 43.7 Å². The average molecular weight is 342 g/mol. The summed E-state index contributed by atoms with van der Waals surface area (Å²) in [6.45, 7) is 0.718. The molecule has 0 atom stereocenters. The van der Waals surface area contributed by atoms with E-state index >= 15 is 0 Å². The summed E-state index contributed by atoms with van der Waals surface area (Å²) in [5.74, 6) is 0.400. The van der Waals surface area contributed by atoms with Crippen LogP contribution in [0.5, 0.6) is 0 Å². The minimum absolute atomic E-state index is 0.0556. The first kappa shape index (κ1) is 17.5. The number of nitrogens with one attached hydrogen (secondary N) is 1. The van der Waals surface area contributed by atoms with Gasteiger partial charge in [0, 0.05) is 38.0 Å². The first-order valence-corrected chi connectivity index (χ1v) is 8.88. The molecule has 0 unspecified atom stereocenters. The Bertz CT molecular complexity index is 678. The second kappa shape index (κ2) is 8.16. The highest BCUT2D eigenvalue weighted by Crippen LogP contribution is 2.26. The number of benzene rings is 1. The topological polar surface area (TPSA) is 70.4 Å². The van der Waals surface area contributed by atoms with Crippen LogP contribution in [0.15, 0.2) is 42.7 Å². The number of amides is 2. The number of nitrogens with zero attached hydrogens (tertiary/aromatic N) is 3. The molecule has 1 aromatic heterocycles. The smallest absolute Gasteiger partial charge is 0.317 e. The van der Waals surface area contributed by atoms with Crippen molar-refractivity contribution in [3.05, 3.63) is 48.3 Å². The van der Waals surface area contributed by atoms with Gasteiger partial charge in [-0.1, -0.05) is 18.2 Å². The number of aliphatic hydroxyl groups excluding tert-OH is 1. The van der Waals surface area contributed by atoms with Crippen molar-refractivity contribution in [3.8, 4) is 5.69 Å². The summed E-state index contributed by atoms with van der Waals surface area (Å²) in [5.41, 5.74) is 1.97. The highest BCUT2D eigenvalue weighted by atomic mass is 16.3. The van der Waals surface area contributed by atoms with Crippen LogP contribution in [0, 0.1) is 5.92 Å². The van der Waals surface area contributed by atoms with Gasteiger partial charge < -0.3 is 15.3 Å². The Morgan fingerprint density at radius 1 is 1.28 bits per heavy atom. The molecule has 6 heteroatoms. The van der Waals surface area contributed by atoms with Gasteiger partial charge in [0.15, 0.2) is 0 Å². The number of para-hydroxylation sites is 1. The van der Waals surface area contributed by atoms with E-state index in [1.165, 1.54) is 0 Å². The van der Waals surface area contributed by atoms with Crippen LogP contribution in [-0.2, 0) is 6.54 Å². The second-order valence-electron chi connectivity index (χ2n) is 6.76. The highest BCUT2D eigenvalue weighted by Gasteiger charge is 2.26. The van der Waals surface area contributed by atoms with E-state index in [0.717, 1.165) is 36.9 Å². The zero-order chi connectivity index (χ0) is 17.6. The molecule has 1 fully saturated rings. The minimum atomic E-state index is -0.0556. The summed E-state index contributed by atoms with van der Waals surface area (Å²) >= 11 is 0. The number of aliphatic hydroxyl groups is 1. The fourth-order valence-electron chi connectivity index (χ4n) is 3.36. The van der Waals surface area contributed by atoms with Crippen LogP contribution in [0.2, 0.25) is 0 Å². The van der Waals surface area contributed by atoms with Crippen LogP contribution in [0.25, 0.3) is 5.69 Å². The molecule has 2 N–H and O–H groups in total. The molecule has 0 bridgehead atoms. The average Bonchev–Trinajstić information content (AvgIpc) is 3.15. The second-order valence-corrected chi connectivity index (χ2v) is 6.76. The summed E-state index contributed by atoms with van der Waals surface area (Å²) in [5, 5.41) is 16.5. The molecule has 0 spiro atoms. The summed E-state index contributed by atoms with van der Waals surface area (Å²) in [6.07, 6.45) is 7.61. The molecule has 1 heterocycles. The lowest BCUT2D eigenvalue weighted by Crippen LogP contribution is -2.45. The number of urea groups is 1. The summed E-state index contributed by atoms with van der Waals surface area (Å²) in [7, 11) is 1.85. The third-order valence-corrected chi connectivity index (χ3v) is 5.04. The molecular formula is C19H26N4O2. The number of aromatic nitrogens is 2. The zero-order valence-electron chi connectivity index (χ0n) is 14.6. The van der Waals surface area contributed by atoms with Gasteiger partial charge in [-0.25, -0.2) is 9.48 Å². The Kier molecular flexibility index (Phi) is 5.71. The van der Waals surface area contributed by atoms with E-state index in [9.17, 15) is 9.90 Å². The fraction of sp³-hybridized carbons (Fsp3) is 0.474. The van der Waals surface area contributed by atoms with Crippen LogP contribution < -0.4 is 5.32 Å². The van der Waals surface area contributed by atoms with Crippen molar-refractivity contribution in [1.82, 2.24) is 20.0 Å². The van der Waals surface area contributed by atoms with Crippen molar-refractivity contribution < 1.29 is 9.90 Å². The number of carbonyl (C=O) groups is 1. The van der Waals surface area contributed by atoms with Crippen LogP contribution in [0.4, 0.5) is 4.79 Å². The third kappa shape index (κ3) is 4.39. The Balaban J connectivity index is 1.50. The molecule has 1 saturated carbocycles. The number of rotatable bonds is 5. The van der Waals surface area contributed by atoms with Gasteiger partial charge in [0.1, 0.15) is 0 Å². The molecule has 3 rings (SSSR count). The molecule has 1 aromatic carbocycles. The van der Waals surface area contributed by atoms with Gasteiger partial charge in [-0.3, -0.25) is 0 Å². The van der Waals surface area contributed by atoms with Crippen LogP contribution >= 0.6 is 0 Å². The minimum Gasteiger partial charge on any atom is -0.396 e. The van der Waals surface area contributed by atoms with Crippen molar-refractivity contribution in [1.29, 1.82) is 0 Å². The van der Waals surface area contributed by atoms with Crippen molar-refractivity contribution in [2.75, 3.05) is 13.7 Å². The maximum absolute atomic E-state index is 12.4. The molecule has 0 saturated heterocycles. The fourth-order valence-corrected chi connectivity index (χ4v) is 3.36. The standard InChI is InChI=1S/C19H26N4O2/c1-22(17-9-7-15(14-24)8-10-17)19(25)20-11-16-12-21-23(13-16)18-5-3-2-4-6-18/h2-6,12-13,15,17,24H,7-11,14H2,1H3,(H,20,25). The molecule has 134 valence electrons. The Morgan fingerprint density at radius 3 is 2.68 bits per heavy atom. The van der Waals surface area contributed by atoms with Crippen molar-refractivity contribution in [3.63, 3.8) is 0 Å². The molecule has 6 nitrogen and oxygen atoms in total. The third-order valence-electron chi connectivity index (χ3n) is 5.04. The van der Waals surface area contributed by atoms with Gasteiger partial charge in [0.05, 0.1) is 11.9 Å². The molecule has 0 aliphatic heterocycles. The Morgan fingerprint density at radius 2 is 2.00 bits per heavy atom. The molecular weight excluding hydrogens is 316 g/mol. The molecule has 1 aliphatic rings. The van der Waals surface area contributed by atoms with Gasteiger partial charge in [0.2, 0.25) is 0 Å². The number of hydrogen-bond acceptors (Lipinski definition) is 3. The van der Waals surface area contributed by atoms with E-state index in [1.54, 1.807) is 15.8 Å². The Hall–Kier alpha value is -2.34. The van der Waals surface area contributed by atoms with E-state index in [1.807, 2.05) is 43.6 Å². The largest absolute Gasteiger partial charge is 0.396 e. The monoisotopic (exact) mass is 342 g/mol. The molecule has 1 aliphatic carbocycles. The highest BCUT2D eigenvalue weighted by molar-refractivity contribution is 5.74. The summed E-state index contributed by atoms with van der Waals surface area (Å²) in [6, 6.07) is 10.1. The molecule has 0 radical (unpaired) electrons. The van der Waals surface area contributed by atoms with Gasteiger partial charge in [-0.2, -0.15) is 5.10 Å². The lowest BCUT2D eigenvalue weighted by molar-refractivity contribution is 0.134. The maximum atomic E-state index is 12.4. The first-order chi connectivity index (χ1) is 12.2. The molecule has 25 heavy (non-hydrogen) atoms. The van der Waals surface area contributed by atoms with E-state index in [0.29, 0.717) is 12.5 Å².